The number of hydrogen-bond acceptors (Lipinski definition) is 8. The first-order valence-corrected chi connectivity index (χ1v) is 8.20. The Labute approximate surface area is 154 Å². The molecule has 136 valence electrons. The molecular formula is C17H17N9O. The zero-order valence-corrected chi connectivity index (χ0v) is 14.6. The van der Waals surface area contributed by atoms with Crippen molar-refractivity contribution in [2.24, 2.45) is 0 Å². The van der Waals surface area contributed by atoms with Crippen LogP contribution in [0.5, 0.6) is 0 Å². The number of pyridine rings is 1. The minimum absolute atomic E-state index is 0.153. The lowest BCUT2D eigenvalue weighted by atomic mass is 10.2. The summed E-state index contributed by atoms with van der Waals surface area (Å²) >= 11 is 0. The van der Waals surface area contributed by atoms with Crippen LogP contribution >= 0.6 is 0 Å². The summed E-state index contributed by atoms with van der Waals surface area (Å²) in [6.07, 6.45) is 3.44. The maximum atomic E-state index is 5.84. The number of nitrogen functional groups attached to an aromatic ring is 1. The number of rotatable bonds is 6. The number of anilines is 1. The van der Waals surface area contributed by atoms with Gasteiger partial charge in [0.2, 0.25) is 5.95 Å². The summed E-state index contributed by atoms with van der Waals surface area (Å²) in [6, 6.07) is 9.38. The normalized spacial score (nSPS) is 11.0. The average molecular weight is 363 g/mol. The van der Waals surface area contributed by atoms with Gasteiger partial charge in [0.05, 0.1) is 47.8 Å². The minimum atomic E-state index is 0.153. The van der Waals surface area contributed by atoms with Crippen molar-refractivity contribution in [1.29, 1.82) is 0 Å². The summed E-state index contributed by atoms with van der Waals surface area (Å²) in [4.78, 5) is 13.0. The summed E-state index contributed by atoms with van der Waals surface area (Å²) in [5.74, 6) is 0.153. The molecule has 0 saturated heterocycles. The van der Waals surface area contributed by atoms with E-state index in [0.29, 0.717) is 30.2 Å². The molecule has 0 unspecified atom stereocenters. The molecule has 0 spiro atoms. The molecule has 0 aliphatic rings. The molecule has 0 aliphatic carbocycles. The molecule has 27 heavy (non-hydrogen) atoms. The van der Waals surface area contributed by atoms with Crippen LogP contribution in [0.25, 0.3) is 22.8 Å². The van der Waals surface area contributed by atoms with Gasteiger partial charge in [0.15, 0.2) is 0 Å². The van der Waals surface area contributed by atoms with E-state index in [9.17, 15) is 0 Å². The van der Waals surface area contributed by atoms with E-state index in [2.05, 4.69) is 35.5 Å². The van der Waals surface area contributed by atoms with Gasteiger partial charge in [-0.2, -0.15) is 5.10 Å². The molecule has 10 nitrogen and oxygen atoms in total. The van der Waals surface area contributed by atoms with Crippen molar-refractivity contribution in [3.8, 4) is 22.8 Å². The second-order valence-corrected chi connectivity index (χ2v) is 5.82. The highest BCUT2D eigenvalue weighted by molar-refractivity contribution is 5.64. The molecule has 0 aliphatic heterocycles. The van der Waals surface area contributed by atoms with Crippen LogP contribution in [0.1, 0.15) is 11.4 Å². The standard InChI is InChI=1S/C17H17N9O/c1-27-10-12-4-2-3-11(20-12)8-26-9-16(24-25-26)15-7-14(21-17(18)22-15)13-5-6-19-23-13/h2-7,9H,8,10H2,1H3,(H,19,23)(H2,18,21,22). The van der Waals surface area contributed by atoms with Gasteiger partial charge in [-0.3, -0.25) is 10.1 Å². The maximum absolute atomic E-state index is 5.84. The van der Waals surface area contributed by atoms with Crippen molar-refractivity contribution in [2.75, 3.05) is 12.8 Å². The zero-order valence-electron chi connectivity index (χ0n) is 14.6. The van der Waals surface area contributed by atoms with Gasteiger partial charge >= 0.3 is 0 Å². The number of hydrogen-bond donors (Lipinski definition) is 2. The second kappa shape index (κ2) is 7.30. The largest absolute Gasteiger partial charge is 0.378 e. The van der Waals surface area contributed by atoms with Crippen molar-refractivity contribution in [2.45, 2.75) is 13.2 Å². The summed E-state index contributed by atoms with van der Waals surface area (Å²) < 4.78 is 6.81. The predicted octanol–water partition coefficient (Wildman–Crippen LogP) is 1.30. The third-order valence-corrected chi connectivity index (χ3v) is 3.80. The molecule has 0 amide bonds. The Bertz CT molecular complexity index is 1040. The van der Waals surface area contributed by atoms with E-state index >= 15 is 0 Å². The number of methoxy groups -OCH3 is 1. The molecule has 4 aromatic rings. The minimum Gasteiger partial charge on any atom is -0.378 e. The van der Waals surface area contributed by atoms with E-state index in [1.165, 1.54) is 0 Å². The molecule has 4 rings (SSSR count). The van der Waals surface area contributed by atoms with Crippen LogP contribution in [0.15, 0.2) is 42.7 Å². The van der Waals surface area contributed by atoms with Crippen LogP contribution in [0, 0.1) is 0 Å². The molecule has 0 radical (unpaired) electrons. The molecule has 0 bridgehead atoms. The number of H-pyrrole nitrogens is 1. The first-order valence-electron chi connectivity index (χ1n) is 8.20. The number of ether oxygens (including phenoxy) is 1. The van der Waals surface area contributed by atoms with Gasteiger partial charge in [0, 0.05) is 13.3 Å². The van der Waals surface area contributed by atoms with Crippen molar-refractivity contribution < 1.29 is 4.74 Å². The highest BCUT2D eigenvalue weighted by atomic mass is 16.5. The van der Waals surface area contributed by atoms with Crippen LogP contribution in [0.4, 0.5) is 5.95 Å². The van der Waals surface area contributed by atoms with Crippen LogP contribution < -0.4 is 5.73 Å². The van der Waals surface area contributed by atoms with E-state index < -0.39 is 0 Å². The molecule has 10 heteroatoms. The van der Waals surface area contributed by atoms with Crippen LogP contribution in [-0.2, 0) is 17.9 Å². The van der Waals surface area contributed by atoms with E-state index in [-0.39, 0.29) is 5.95 Å². The maximum Gasteiger partial charge on any atom is 0.221 e. The van der Waals surface area contributed by atoms with E-state index in [0.717, 1.165) is 17.1 Å². The van der Waals surface area contributed by atoms with E-state index in [1.807, 2.05) is 18.2 Å². The van der Waals surface area contributed by atoms with E-state index in [1.54, 1.807) is 36.3 Å². The molecular weight excluding hydrogens is 346 g/mol. The Balaban J connectivity index is 1.59. The van der Waals surface area contributed by atoms with Crippen molar-refractivity contribution in [3.63, 3.8) is 0 Å². The van der Waals surface area contributed by atoms with Gasteiger partial charge < -0.3 is 10.5 Å². The Hall–Kier alpha value is -3.66. The SMILES string of the molecule is COCc1cccc(Cn2cc(-c3cc(-c4ccn[nH]4)nc(N)n3)nn2)n1. The molecule has 0 saturated carbocycles. The molecule has 0 fully saturated rings. The number of nitrogens with zero attached hydrogens (tertiary/aromatic N) is 7. The van der Waals surface area contributed by atoms with E-state index in [4.69, 9.17) is 10.5 Å². The molecule has 3 N–H and O–H groups in total. The van der Waals surface area contributed by atoms with Gasteiger partial charge in [0.25, 0.3) is 0 Å². The lowest BCUT2D eigenvalue weighted by Gasteiger charge is -2.03. The number of nitrogens with two attached hydrogens (primary N) is 1. The lowest BCUT2D eigenvalue weighted by Crippen LogP contribution is -2.04. The fraction of sp³-hybridized carbons (Fsp3) is 0.176. The Morgan fingerprint density at radius 2 is 1.93 bits per heavy atom. The Morgan fingerprint density at radius 1 is 1.07 bits per heavy atom. The predicted molar refractivity (Wildman–Crippen MR) is 97.1 cm³/mol. The van der Waals surface area contributed by atoms with Crippen molar-refractivity contribution in [1.82, 2.24) is 40.1 Å². The zero-order chi connectivity index (χ0) is 18.6. The first kappa shape index (κ1) is 16.8. The smallest absolute Gasteiger partial charge is 0.221 e. The van der Waals surface area contributed by atoms with Crippen LogP contribution in [0.2, 0.25) is 0 Å². The quantitative estimate of drug-likeness (QED) is 0.523. The van der Waals surface area contributed by atoms with Crippen molar-refractivity contribution >= 4 is 5.95 Å². The Kier molecular flexibility index (Phi) is 4.54. The van der Waals surface area contributed by atoms with Gasteiger partial charge in [-0.15, -0.1) is 5.10 Å². The Morgan fingerprint density at radius 3 is 2.74 bits per heavy atom. The van der Waals surface area contributed by atoms with Gasteiger partial charge in [-0.1, -0.05) is 11.3 Å². The summed E-state index contributed by atoms with van der Waals surface area (Å²) in [7, 11) is 1.64. The summed E-state index contributed by atoms with van der Waals surface area (Å²) in [5.41, 5.74) is 10.1. The van der Waals surface area contributed by atoms with Crippen LogP contribution in [-0.4, -0.2) is 47.3 Å². The molecule has 4 aromatic heterocycles. The second-order valence-electron chi connectivity index (χ2n) is 5.82. The average Bonchev–Trinajstić information content (AvgIpc) is 3.34. The number of aromatic nitrogens is 8. The molecule has 4 heterocycles. The highest BCUT2D eigenvalue weighted by Crippen LogP contribution is 2.21. The van der Waals surface area contributed by atoms with Gasteiger partial charge in [-0.05, 0) is 24.3 Å². The topological polar surface area (TPSA) is 133 Å². The van der Waals surface area contributed by atoms with Gasteiger partial charge in [0.1, 0.15) is 5.69 Å². The highest BCUT2D eigenvalue weighted by Gasteiger charge is 2.11. The fourth-order valence-corrected chi connectivity index (χ4v) is 2.64. The number of nitrogens with one attached hydrogen (secondary N) is 1. The number of aromatic amines is 1. The third kappa shape index (κ3) is 3.80. The lowest BCUT2D eigenvalue weighted by molar-refractivity contribution is 0.181. The first-order chi connectivity index (χ1) is 13.2. The summed E-state index contributed by atoms with van der Waals surface area (Å²) in [5, 5.41) is 15.1. The third-order valence-electron chi connectivity index (χ3n) is 3.80. The summed E-state index contributed by atoms with van der Waals surface area (Å²) in [6.45, 7) is 0.950. The van der Waals surface area contributed by atoms with Crippen LogP contribution in [0.3, 0.4) is 0 Å². The van der Waals surface area contributed by atoms with Gasteiger partial charge in [-0.25, -0.2) is 14.6 Å². The monoisotopic (exact) mass is 363 g/mol. The van der Waals surface area contributed by atoms with Crippen molar-refractivity contribution in [3.05, 3.63) is 54.1 Å². The fourth-order valence-electron chi connectivity index (χ4n) is 2.64. The molecule has 0 aromatic carbocycles. The molecule has 0 atom stereocenters.